The molecule has 13 heavy (non-hydrogen) atoms. The van der Waals surface area contributed by atoms with Crippen molar-refractivity contribution >= 4 is 11.4 Å². The molecular weight excluding hydrogens is 162 g/mol. The van der Waals surface area contributed by atoms with Gasteiger partial charge in [-0.3, -0.25) is 4.98 Å². The summed E-state index contributed by atoms with van der Waals surface area (Å²) in [5.74, 6) is 2.59. The number of aromatic nitrogens is 1. The fourth-order valence-electron chi connectivity index (χ4n) is 1.16. The van der Waals surface area contributed by atoms with Crippen molar-refractivity contribution < 1.29 is 0 Å². The molecule has 1 aromatic rings. The maximum Gasteiger partial charge on any atom is 0.0792 e. The normalized spacial score (nSPS) is 9.23. The minimum atomic E-state index is 0.574. The summed E-state index contributed by atoms with van der Waals surface area (Å²) in [4.78, 5) is 5.94. The van der Waals surface area contributed by atoms with E-state index in [0.717, 1.165) is 12.2 Å². The first-order chi connectivity index (χ1) is 6.29. The average molecular weight is 175 g/mol. The molecule has 0 amide bonds. The molecule has 1 aromatic heterocycles. The average Bonchev–Trinajstić information content (AvgIpc) is 2.16. The zero-order chi connectivity index (χ0) is 9.68. The number of terminal acetylenes is 1. The zero-order valence-corrected chi connectivity index (χ0v) is 7.70. The van der Waals surface area contributed by atoms with Gasteiger partial charge in [-0.15, -0.1) is 6.42 Å². The van der Waals surface area contributed by atoms with E-state index >= 15 is 0 Å². The van der Waals surface area contributed by atoms with Crippen LogP contribution in [0.15, 0.2) is 18.5 Å². The van der Waals surface area contributed by atoms with Crippen LogP contribution in [0.4, 0.5) is 11.4 Å². The van der Waals surface area contributed by atoms with E-state index in [9.17, 15) is 0 Å². The molecule has 3 nitrogen and oxygen atoms in total. The van der Waals surface area contributed by atoms with Crippen LogP contribution in [0.5, 0.6) is 0 Å². The van der Waals surface area contributed by atoms with E-state index in [4.69, 9.17) is 12.2 Å². The number of anilines is 2. The molecule has 0 fully saturated rings. The lowest BCUT2D eigenvalue weighted by atomic mass is 10.3. The van der Waals surface area contributed by atoms with Gasteiger partial charge in [0.2, 0.25) is 0 Å². The van der Waals surface area contributed by atoms with E-state index in [-0.39, 0.29) is 0 Å². The lowest BCUT2D eigenvalue weighted by molar-refractivity contribution is 0.918. The van der Waals surface area contributed by atoms with Gasteiger partial charge in [0.25, 0.3) is 0 Å². The molecular formula is C10H13N3. The standard InChI is InChI=1S/C10H13N3/c1-3-7-13(4-2)10-5-6-12-8-9(10)11/h1,5-6,8H,4,7,11H2,2H3. The largest absolute Gasteiger partial charge is 0.396 e. The van der Waals surface area contributed by atoms with E-state index in [1.165, 1.54) is 0 Å². The molecule has 0 aromatic carbocycles. The van der Waals surface area contributed by atoms with Gasteiger partial charge in [0.05, 0.1) is 24.1 Å². The van der Waals surface area contributed by atoms with Crippen molar-refractivity contribution in [1.29, 1.82) is 0 Å². The number of hydrogen-bond acceptors (Lipinski definition) is 3. The first kappa shape index (κ1) is 9.40. The van der Waals surface area contributed by atoms with E-state index < -0.39 is 0 Å². The van der Waals surface area contributed by atoms with E-state index in [0.29, 0.717) is 12.2 Å². The van der Waals surface area contributed by atoms with Crippen molar-refractivity contribution in [2.75, 3.05) is 23.7 Å². The highest BCUT2D eigenvalue weighted by atomic mass is 15.1. The van der Waals surface area contributed by atoms with E-state index in [1.807, 2.05) is 17.9 Å². The summed E-state index contributed by atoms with van der Waals surface area (Å²) in [6.07, 6.45) is 8.59. The summed E-state index contributed by atoms with van der Waals surface area (Å²) in [6, 6.07) is 1.87. The Balaban J connectivity index is 2.92. The van der Waals surface area contributed by atoms with E-state index in [1.54, 1.807) is 12.4 Å². The maximum atomic E-state index is 5.75. The Morgan fingerprint density at radius 2 is 2.46 bits per heavy atom. The minimum Gasteiger partial charge on any atom is -0.396 e. The number of hydrogen-bond donors (Lipinski definition) is 1. The van der Waals surface area contributed by atoms with Gasteiger partial charge >= 0.3 is 0 Å². The van der Waals surface area contributed by atoms with Crippen LogP contribution in [0, 0.1) is 12.3 Å². The second-order valence-corrected chi connectivity index (χ2v) is 2.65. The summed E-state index contributed by atoms with van der Waals surface area (Å²) in [5, 5.41) is 0. The van der Waals surface area contributed by atoms with Gasteiger partial charge in [-0.1, -0.05) is 5.92 Å². The van der Waals surface area contributed by atoms with Gasteiger partial charge in [-0.2, -0.15) is 0 Å². The van der Waals surface area contributed by atoms with Crippen molar-refractivity contribution in [3.63, 3.8) is 0 Å². The Morgan fingerprint density at radius 3 is 3.00 bits per heavy atom. The van der Waals surface area contributed by atoms with Crippen molar-refractivity contribution in [2.45, 2.75) is 6.92 Å². The predicted octanol–water partition coefficient (Wildman–Crippen LogP) is 1.12. The predicted molar refractivity (Wildman–Crippen MR) is 55.4 cm³/mol. The molecule has 1 rings (SSSR count). The summed E-state index contributed by atoms with van der Waals surface area (Å²) in [7, 11) is 0. The number of rotatable bonds is 3. The second-order valence-electron chi connectivity index (χ2n) is 2.65. The fourth-order valence-corrected chi connectivity index (χ4v) is 1.16. The van der Waals surface area contributed by atoms with Crippen molar-refractivity contribution in [1.82, 2.24) is 4.98 Å². The molecule has 0 spiro atoms. The SMILES string of the molecule is C#CCN(CC)c1ccncc1N. The van der Waals surface area contributed by atoms with Crippen LogP contribution in [0.1, 0.15) is 6.92 Å². The highest BCUT2D eigenvalue weighted by Crippen LogP contribution is 2.20. The lowest BCUT2D eigenvalue weighted by Crippen LogP contribution is -2.23. The molecule has 0 aliphatic heterocycles. The third-order valence-corrected chi connectivity index (χ3v) is 1.83. The fraction of sp³-hybridized carbons (Fsp3) is 0.300. The number of nitrogens with zero attached hydrogens (tertiary/aromatic N) is 2. The molecule has 0 unspecified atom stereocenters. The van der Waals surface area contributed by atoms with Crippen LogP contribution in [-0.4, -0.2) is 18.1 Å². The molecule has 0 bridgehead atoms. The smallest absolute Gasteiger partial charge is 0.0792 e. The molecule has 0 atom stereocenters. The molecule has 3 heteroatoms. The highest BCUT2D eigenvalue weighted by Gasteiger charge is 2.05. The van der Waals surface area contributed by atoms with Crippen molar-refractivity contribution in [3.8, 4) is 12.3 Å². The highest BCUT2D eigenvalue weighted by molar-refractivity contribution is 5.66. The monoisotopic (exact) mass is 175 g/mol. The zero-order valence-electron chi connectivity index (χ0n) is 7.70. The Bertz CT molecular complexity index is 314. The summed E-state index contributed by atoms with van der Waals surface area (Å²) in [6.45, 7) is 3.46. The summed E-state index contributed by atoms with van der Waals surface area (Å²) in [5.41, 5.74) is 7.37. The molecule has 0 radical (unpaired) electrons. The van der Waals surface area contributed by atoms with Crippen molar-refractivity contribution in [3.05, 3.63) is 18.5 Å². The number of nitrogens with two attached hydrogens (primary N) is 1. The van der Waals surface area contributed by atoms with Crippen molar-refractivity contribution in [2.24, 2.45) is 0 Å². The first-order valence-electron chi connectivity index (χ1n) is 4.17. The van der Waals surface area contributed by atoms with Gasteiger partial charge < -0.3 is 10.6 Å². The van der Waals surface area contributed by atoms with Gasteiger partial charge in [-0.25, -0.2) is 0 Å². The third-order valence-electron chi connectivity index (χ3n) is 1.83. The van der Waals surface area contributed by atoms with Gasteiger partial charge in [0, 0.05) is 12.7 Å². The quantitative estimate of drug-likeness (QED) is 0.700. The number of nitrogen functional groups attached to an aromatic ring is 1. The summed E-state index contributed by atoms with van der Waals surface area (Å²) >= 11 is 0. The van der Waals surface area contributed by atoms with Gasteiger partial charge in [0.15, 0.2) is 0 Å². The topological polar surface area (TPSA) is 42.2 Å². The lowest BCUT2D eigenvalue weighted by Gasteiger charge is -2.21. The second kappa shape index (κ2) is 4.36. The van der Waals surface area contributed by atoms with Gasteiger partial charge in [0.1, 0.15) is 0 Å². The van der Waals surface area contributed by atoms with Crippen LogP contribution in [0.25, 0.3) is 0 Å². The van der Waals surface area contributed by atoms with Crippen LogP contribution in [-0.2, 0) is 0 Å². The molecule has 0 aliphatic carbocycles. The summed E-state index contributed by atoms with van der Waals surface area (Å²) < 4.78 is 0. The van der Waals surface area contributed by atoms with Crippen LogP contribution in [0.2, 0.25) is 0 Å². The number of pyridine rings is 1. The minimum absolute atomic E-state index is 0.574. The third kappa shape index (κ3) is 2.12. The van der Waals surface area contributed by atoms with Crippen LogP contribution in [0.3, 0.4) is 0 Å². The van der Waals surface area contributed by atoms with Crippen LogP contribution >= 0.6 is 0 Å². The molecule has 0 saturated carbocycles. The molecule has 1 heterocycles. The Hall–Kier alpha value is -1.69. The van der Waals surface area contributed by atoms with Gasteiger partial charge in [-0.05, 0) is 13.0 Å². The first-order valence-corrected chi connectivity index (χ1v) is 4.17. The maximum absolute atomic E-state index is 5.75. The molecule has 0 saturated heterocycles. The molecule has 2 N–H and O–H groups in total. The van der Waals surface area contributed by atoms with E-state index in [2.05, 4.69) is 10.9 Å². The molecule has 0 aliphatic rings. The Labute approximate surface area is 78.6 Å². The van der Waals surface area contributed by atoms with Crippen LogP contribution < -0.4 is 10.6 Å². The Morgan fingerprint density at radius 1 is 1.69 bits per heavy atom. The Kier molecular flexibility index (Phi) is 3.15. The molecule has 68 valence electrons.